The lowest BCUT2D eigenvalue weighted by Gasteiger charge is -2.09. The molecule has 22 heavy (non-hydrogen) atoms. The maximum Gasteiger partial charge on any atom is 0.123 e. The third kappa shape index (κ3) is 3.50. The van der Waals surface area contributed by atoms with Gasteiger partial charge >= 0.3 is 0 Å². The molecular weight excluding hydrogens is 275 g/mol. The van der Waals surface area contributed by atoms with Gasteiger partial charge in [-0.1, -0.05) is 48.5 Å². The van der Waals surface area contributed by atoms with Gasteiger partial charge in [-0.2, -0.15) is 0 Å². The highest BCUT2D eigenvalue weighted by molar-refractivity contribution is 5.79. The largest absolute Gasteiger partial charge is 0.337 e. The molecule has 0 aliphatic rings. The topological polar surface area (TPSA) is 17.8 Å². The smallest absolute Gasteiger partial charge is 0.123 e. The highest BCUT2D eigenvalue weighted by atomic mass is 19.1. The quantitative estimate of drug-likeness (QED) is 0.675. The predicted molar refractivity (Wildman–Crippen MR) is 86.8 cm³/mol. The van der Waals surface area contributed by atoms with E-state index in [1.165, 1.54) is 12.1 Å². The normalized spacial score (nSPS) is 11.6. The second kappa shape index (κ2) is 6.85. The van der Waals surface area contributed by atoms with Gasteiger partial charge in [-0.15, -0.1) is 0 Å². The summed E-state index contributed by atoms with van der Waals surface area (Å²) >= 11 is 0. The molecule has 1 aromatic heterocycles. The molecule has 2 aromatic carbocycles. The van der Waals surface area contributed by atoms with Crippen molar-refractivity contribution in [1.29, 1.82) is 0 Å². The molecule has 0 radical (unpaired) electrons. The summed E-state index contributed by atoms with van der Waals surface area (Å²) in [6.45, 7) is 0.873. The number of allylic oxidation sites excluding steroid dienone is 1. The first-order chi connectivity index (χ1) is 10.8. The summed E-state index contributed by atoms with van der Waals surface area (Å²) in [6.07, 6.45) is 8.63. The van der Waals surface area contributed by atoms with Crippen LogP contribution in [0.5, 0.6) is 0 Å². The Labute approximate surface area is 129 Å². The Balaban J connectivity index is 1.87. The van der Waals surface area contributed by atoms with E-state index in [0.717, 1.165) is 29.7 Å². The van der Waals surface area contributed by atoms with Gasteiger partial charge in [0.15, 0.2) is 0 Å². The van der Waals surface area contributed by atoms with Crippen LogP contribution in [0.3, 0.4) is 0 Å². The van der Waals surface area contributed by atoms with Crippen LogP contribution in [0.1, 0.15) is 17.5 Å². The summed E-state index contributed by atoms with van der Waals surface area (Å²) in [4.78, 5) is 4.05. The fourth-order valence-corrected chi connectivity index (χ4v) is 2.43. The van der Waals surface area contributed by atoms with Gasteiger partial charge in [0.25, 0.3) is 0 Å². The molecule has 0 N–H and O–H groups in total. The summed E-state index contributed by atoms with van der Waals surface area (Å²) in [6, 6.07) is 16.8. The summed E-state index contributed by atoms with van der Waals surface area (Å²) in [5, 5.41) is 0. The maximum atomic E-state index is 13.2. The highest BCUT2D eigenvalue weighted by Crippen LogP contribution is 2.24. The van der Waals surface area contributed by atoms with Crippen LogP contribution >= 0.6 is 0 Å². The molecule has 0 aliphatic carbocycles. The molecule has 3 rings (SSSR count). The molecule has 0 aliphatic heterocycles. The van der Waals surface area contributed by atoms with Crippen molar-refractivity contribution >= 4 is 5.57 Å². The van der Waals surface area contributed by atoms with Crippen molar-refractivity contribution < 1.29 is 4.39 Å². The number of nitrogens with zero attached hydrogens (tertiary/aromatic N) is 2. The molecule has 110 valence electrons. The van der Waals surface area contributed by atoms with Crippen LogP contribution in [0.15, 0.2) is 79.4 Å². The molecule has 0 saturated carbocycles. The summed E-state index contributed by atoms with van der Waals surface area (Å²) in [5.74, 6) is -0.213. The van der Waals surface area contributed by atoms with Crippen molar-refractivity contribution in [3.63, 3.8) is 0 Å². The van der Waals surface area contributed by atoms with E-state index in [-0.39, 0.29) is 5.82 Å². The molecule has 0 unspecified atom stereocenters. The van der Waals surface area contributed by atoms with E-state index in [9.17, 15) is 4.39 Å². The zero-order chi connectivity index (χ0) is 15.2. The minimum atomic E-state index is -0.213. The second-order valence-electron chi connectivity index (χ2n) is 5.08. The standard InChI is InChI=1S/C19H17FN2/c20-18-10-8-17(9-11-18)19(16-5-2-1-3-6-16)7-4-13-22-14-12-21-15-22/h1-3,5-12,14-15H,4,13H2/b19-7-. The van der Waals surface area contributed by atoms with Crippen LogP contribution in [0.25, 0.3) is 5.57 Å². The molecule has 2 nitrogen and oxygen atoms in total. The second-order valence-corrected chi connectivity index (χ2v) is 5.08. The van der Waals surface area contributed by atoms with Gasteiger partial charge in [0, 0.05) is 18.9 Å². The zero-order valence-electron chi connectivity index (χ0n) is 12.2. The van der Waals surface area contributed by atoms with Gasteiger partial charge in [0.2, 0.25) is 0 Å². The van der Waals surface area contributed by atoms with Crippen molar-refractivity contribution in [3.8, 4) is 0 Å². The van der Waals surface area contributed by atoms with E-state index in [1.807, 2.05) is 47.4 Å². The number of aryl methyl sites for hydroxylation is 1. The molecule has 0 spiro atoms. The monoisotopic (exact) mass is 292 g/mol. The van der Waals surface area contributed by atoms with Crippen molar-refractivity contribution in [2.24, 2.45) is 0 Å². The van der Waals surface area contributed by atoms with E-state index < -0.39 is 0 Å². The van der Waals surface area contributed by atoms with Gasteiger partial charge < -0.3 is 4.57 Å². The molecule has 0 amide bonds. The first kappa shape index (κ1) is 14.3. The van der Waals surface area contributed by atoms with Crippen molar-refractivity contribution in [1.82, 2.24) is 9.55 Å². The molecule has 3 heteroatoms. The molecule has 0 saturated heterocycles. The summed E-state index contributed by atoms with van der Waals surface area (Å²) in [7, 11) is 0. The number of benzene rings is 2. The zero-order valence-corrected chi connectivity index (χ0v) is 12.2. The number of halogens is 1. The lowest BCUT2D eigenvalue weighted by Crippen LogP contribution is -1.94. The van der Waals surface area contributed by atoms with E-state index in [1.54, 1.807) is 6.20 Å². The van der Waals surface area contributed by atoms with Crippen LogP contribution in [0.4, 0.5) is 4.39 Å². The maximum absolute atomic E-state index is 13.2. The average Bonchev–Trinajstić information content (AvgIpc) is 3.07. The fourth-order valence-electron chi connectivity index (χ4n) is 2.43. The van der Waals surface area contributed by atoms with Gasteiger partial charge in [0.1, 0.15) is 5.82 Å². The van der Waals surface area contributed by atoms with Crippen LogP contribution in [0, 0.1) is 5.82 Å². The Kier molecular flexibility index (Phi) is 4.44. The van der Waals surface area contributed by atoms with Crippen LogP contribution in [-0.2, 0) is 6.54 Å². The molecule has 1 heterocycles. The third-order valence-electron chi connectivity index (χ3n) is 3.53. The molecule has 0 bridgehead atoms. The average molecular weight is 292 g/mol. The Bertz CT molecular complexity index is 729. The third-order valence-corrected chi connectivity index (χ3v) is 3.53. The van der Waals surface area contributed by atoms with E-state index in [2.05, 4.69) is 23.2 Å². The Morgan fingerprint density at radius 2 is 1.73 bits per heavy atom. The van der Waals surface area contributed by atoms with Gasteiger partial charge in [0.05, 0.1) is 6.33 Å². The lowest BCUT2D eigenvalue weighted by molar-refractivity contribution is 0.627. The number of hydrogen-bond acceptors (Lipinski definition) is 1. The predicted octanol–water partition coefficient (Wildman–Crippen LogP) is 4.54. The minimum Gasteiger partial charge on any atom is -0.337 e. The van der Waals surface area contributed by atoms with Crippen molar-refractivity contribution in [2.75, 3.05) is 0 Å². The Morgan fingerprint density at radius 1 is 1.00 bits per heavy atom. The molecular formula is C19H17FN2. The van der Waals surface area contributed by atoms with Gasteiger partial charge in [-0.3, -0.25) is 0 Å². The number of rotatable bonds is 5. The van der Waals surface area contributed by atoms with Crippen LogP contribution < -0.4 is 0 Å². The Hall–Kier alpha value is -2.68. The summed E-state index contributed by atoms with van der Waals surface area (Å²) < 4.78 is 15.2. The van der Waals surface area contributed by atoms with Crippen molar-refractivity contribution in [2.45, 2.75) is 13.0 Å². The van der Waals surface area contributed by atoms with E-state index >= 15 is 0 Å². The van der Waals surface area contributed by atoms with E-state index in [4.69, 9.17) is 0 Å². The van der Waals surface area contributed by atoms with Crippen LogP contribution in [0.2, 0.25) is 0 Å². The number of imidazole rings is 1. The first-order valence-corrected chi connectivity index (χ1v) is 7.30. The van der Waals surface area contributed by atoms with E-state index in [0.29, 0.717) is 0 Å². The number of aromatic nitrogens is 2. The first-order valence-electron chi connectivity index (χ1n) is 7.30. The molecule has 0 atom stereocenters. The lowest BCUT2D eigenvalue weighted by atomic mass is 9.97. The summed E-state index contributed by atoms with van der Waals surface area (Å²) in [5.41, 5.74) is 3.29. The fraction of sp³-hybridized carbons (Fsp3) is 0.105. The van der Waals surface area contributed by atoms with Crippen molar-refractivity contribution in [3.05, 3.63) is 96.3 Å². The molecule has 3 aromatic rings. The SMILES string of the molecule is Fc1ccc(/C(=C\CCn2ccnc2)c2ccccc2)cc1. The van der Waals surface area contributed by atoms with Gasteiger partial charge in [-0.05, 0) is 35.3 Å². The molecule has 0 fully saturated rings. The van der Waals surface area contributed by atoms with Gasteiger partial charge in [-0.25, -0.2) is 9.37 Å². The number of hydrogen-bond donors (Lipinski definition) is 0. The minimum absolute atomic E-state index is 0.213. The van der Waals surface area contributed by atoms with Crippen LogP contribution in [-0.4, -0.2) is 9.55 Å². The highest BCUT2D eigenvalue weighted by Gasteiger charge is 2.04. The Morgan fingerprint density at radius 3 is 2.41 bits per heavy atom.